The van der Waals surface area contributed by atoms with Gasteiger partial charge in [-0.05, 0) is 38.5 Å². The number of rotatable bonds is 17. The van der Waals surface area contributed by atoms with Gasteiger partial charge in [0.2, 0.25) is 0 Å². The molecule has 27 heavy (non-hydrogen) atoms. The van der Waals surface area contributed by atoms with Crippen molar-refractivity contribution in [3.8, 4) is 0 Å². The van der Waals surface area contributed by atoms with Crippen LogP contribution < -0.4 is 12.4 Å². The lowest BCUT2D eigenvalue weighted by Gasteiger charge is -2.43. The molecule has 1 fully saturated rings. The largest absolute Gasteiger partial charge is 1.00 e. The van der Waals surface area contributed by atoms with Gasteiger partial charge in [0.05, 0.1) is 26.2 Å². The van der Waals surface area contributed by atoms with Gasteiger partial charge in [-0.15, -0.1) is 0 Å². The number of hydrogen-bond donors (Lipinski definition) is 1. The summed E-state index contributed by atoms with van der Waals surface area (Å²) in [6.45, 7) is 4.89. The molecule has 1 rings (SSSR count). The van der Waals surface area contributed by atoms with Crippen molar-refractivity contribution in [2.45, 2.75) is 129 Å². The Morgan fingerprint density at radius 1 is 0.667 bits per heavy atom. The third-order valence-electron chi connectivity index (χ3n) is 6.84. The zero-order valence-electron chi connectivity index (χ0n) is 18.7. The van der Waals surface area contributed by atoms with E-state index in [1.54, 1.807) is 0 Å². The summed E-state index contributed by atoms with van der Waals surface area (Å²) < 4.78 is 1.13. The second-order valence-corrected chi connectivity index (χ2v) is 9.18. The number of unbranched alkanes of at least 4 members (excludes halogenated alkanes) is 12. The fourth-order valence-corrected chi connectivity index (χ4v) is 4.90. The maximum atomic E-state index is 9.52. The summed E-state index contributed by atoms with van der Waals surface area (Å²) in [6, 6.07) is 0.813. The molecule has 1 aliphatic rings. The Morgan fingerprint density at radius 3 is 1.56 bits per heavy atom. The minimum atomic E-state index is 0. The fraction of sp³-hybridized carbons (Fsp3) is 1.00. The van der Waals surface area contributed by atoms with E-state index >= 15 is 0 Å². The van der Waals surface area contributed by atoms with Crippen molar-refractivity contribution in [1.82, 2.24) is 0 Å². The molecule has 1 aliphatic carbocycles. The molecule has 0 aliphatic heterocycles. The van der Waals surface area contributed by atoms with Crippen LogP contribution in [0.1, 0.15) is 122 Å². The quantitative estimate of drug-likeness (QED) is 0.289. The van der Waals surface area contributed by atoms with E-state index in [4.69, 9.17) is 0 Å². The number of aliphatic hydroxyl groups excluding tert-OH is 1. The molecule has 1 unspecified atom stereocenters. The smallest absolute Gasteiger partial charge is 0.102 e. The Labute approximate surface area is 177 Å². The summed E-state index contributed by atoms with van der Waals surface area (Å²) >= 11 is 0. The first-order valence-corrected chi connectivity index (χ1v) is 12.2. The van der Waals surface area contributed by atoms with Crippen molar-refractivity contribution < 1.29 is 22.0 Å². The topological polar surface area (TPSA) is 20.2 Å². The van der Waals surface area contributed by atoms with Crippen LogP contribution in [0.25, 0.3) is 0 Å². The Morgan fingerprint density at radius 2 is 1.11 bits per heavy atom. The van der Waals surface area contributed by atoms with Crippen molar-refractivity contribution in [2.75, 3.05) is 26.7 Å². The molecule has 0 saturated heterocycles. The highest BCUT2D eigenvalue weighted by atomic mass is 35.5. The van der Waals surface area contributed by atoms with Gasteiger partial charge in [-0.25, -0.2) is 0 Å². The van der Waals surface area contributed by atoms with Crippen LogP contribution in [-0.2, 0) is 0 Å². The minimum absolute atomic E-state index is 0. The highest BCUT2D eigenvalue weighted by Crippen LogP contribution is 2.27. The number of nitrogens with zero attached hydrogens (tertiary/aromatic N) is 1. The number of aliphatic hydroxyl groups is 1. The lowest BCUT2D eigenvalue weighted by atomic mass is 9.92. The molecule has 0 heterocycles. The van der Waals surface area contributed by atoms with Crippen molar-refractivity contribution in [1.29, 1.82) is 0 Å². The molecule has 1 saturated carbocycles. The summed E-state index contributed by atoms with van der Waals surface area (Å²) in [5.74, 6) is 0. The first-order chi connectivity index (χ1) is 12.7. The molecule has 0 spiro atoms. The van der Waals surface area contributed by atoms with Gasteiger partial charge in [0.15, 0.2) is 0 Å². The number of quaternary nitrogens is 1. The van der Waals surface area contributed by atoms with E-state index in [-0.39, 0.29) is 12.4 Å². The van der Waals surface area contributed by atoms with Gasteiger partial charge in [-0.1, -0.05) is 84.0 Å². The number of likely N-dealkylation sites (N-methyl/N-ethyl adjacent to an activating group) is 1. The van der Waals surface area contributed by atoms with Crippen LogP contribution in [0.2, 0.25) is 0 Å². The predicted molar refractivity (Wildman–Crippen MR) is 116 cm³/mol. The summed E-state index contributed by atoms with van der Waals surface area (Å²) in [4.78, 5) is 0. The standard InChI is InChI=1S/C24H50NO.ClH/c1-3-4-5-6-7-8-9-10-11-12-13-14-18-21-25(2,22-23-26)24-19-16-15-17-20-24;/h24,26H,3-23H2,1-2H3;1H/q+1;/p-1. The van der Waals surface area contributed by atoms with Crippen molar-refractivity contribution >= 4 is 0 Å². The van der Waals surface area contributed by atoms with Crippen molar-refractivity contribution in [2.24, 2.45) is 0 Å². The van der Waals surface area contributed by atoms with E-state index in [1.807, 2.05) is 0 Å². The second-order valence-electron chi connectivity index (χ2n) is 9.18. The van der Waals surface area contributed by atoms with Crippen LogP contribution >= 0.6 is 0 Å². The highest BCUT2D eigenvalue weighted by Gasteiger charge is 2.32. The Kier molecular flexibility index (Phi) is 18.4. The lowest BCUT2D eigenvalue weighted by molar-refractivity contribution is -0.935. The van der Waals surface area contributed by atoms with E-state index in [9.17, 15) is 5.11 Å². The maximum absolute atomic E-state index is 9.52. The molecular formula is C24H50ClNO. The average Bonchev–Trinajstić information content (AvgIpc) is 2.66. The SMILES string of the molecule is CCCCCCCCCCCCCCC[N+](C)(CCO)C1CCCCC1.[Cl-]. The van der Waals surface area contributed by atoms with Gasteiger partial charge in [0.1, 0.15) is 6.54 Å². The van der Waals surface area contributed by atoms with E-state index in [0.29, 0.717) is 6.61 Å². The van der Waals surface area contributed by atoms with E-state index in [1.165, 1.54) is 122 Å². The van der Waals surface area contributed by atoms with Crippen LogP contribution in [0.15, 0.2) is 0 Å². The highest BCUT2D eigenvalue weighted by molar-refractivity contribution is 4.67. The third-order valence-corrected chi connectivity index (χ3v) is 6.84. The maximum Gasteiger partial charge on any atom is 0.102 e. The van der Waals surface area contributed by atoms with Crippen molar-refractivity contribution in [3.05, 3.63) is 0 Å². The first kappa shape index (κ1) is 27.2. The van der Waals surface area contributed by atoms with E-state index < -0.39 is 0 Å². The second kappa shape index (κ2) is 18.3. The molecule has 1 atom stereocenters. The Hall–Kier alpha value is 0.210. The Bertz CT molecular complexity index is 307. The van der Waals surface area contributed by atoms with E-state index in [2.05, 4.69) is 14.0 Å². The van der Waals surface area contributed by atoms with Crippen LogP contribution in [0.4, 0.5) is 0 Å². The molecule has 3 heteroatoms. The molecule has 164 valence electrons. The summed E-state index contributed by atoms with van der Waals surface area (Å²) in [5, 5.41) is 9.52. The fourth-order valence-electron chi connectivity index (χ4n) is 4.90. The van der Waals surface area contributed by atoms with Crippen molar-refractivity contribution in [3.63, 3.8) is 0 Å². The zero-order valence-corrected chi connectivity index (χ0v) is 19.5. The van der Waals surface area contributed by atoms with Gasteiger partial charge in [-0.3, -0.25) is 0 Å². The molecule has 1 N–H and O–H groups in total. The predicted octanol–water partition coefficient (Wildman–Crippen LogP) is 3.85. The zero-order chi connectivity index (χ0) is 18.9. The van der Waals surface area contributed by atoms with Crippen LogP contribution in [0.3, 0.4) is 0 Å². The Balaban J connectivity index is 0.00000676. The van der Waals surface area contributed by atoms with Gasteiger partial charge in [0, 0.05) is 0 Å². The number of hydrogen-bond acceptors (Lipinski definition) is 1. The van der Waals surface area contributed by atoms with Crippen LogP contribution in [0.5, 0.6) is 0 Å². The van der Waals surface area contributed by atoms with Gasteiger partial charge in [0.25, 0.3) is 0 Å². The third kappa shape index (κ3) is 13.1. The summed E-state index contributed by atoms with van der Waals surface area (Å²) in [6.07, 6.45) is 25.6. The molecule has 2 nitrogen and oxygen atoms in total. The molecule has 0 amide bonds. The summed E-state index contributed by atoms with van der Waals surface area (Å²) in [7, 11) is 2.41. The van der Waals surface area contributed by atoms with Gasteiger partial charge < -0.3 is 22.0 Å². The molecule has 0 aromatic carbocycles. The molecule has 0 radical (unpaired) electrons. The average molecular weight is 404 g/mol. The number of halogens is 1. The van der Waals surface area contributed by atoms with Crippen LogP contribution in [0, 0.1) is 0 Å². The molecule has 0 aromatic rings. The lowest BCUT2D eigenvalue weighted by Crippen LogP contribution is -3.00. The normalized spacial score (nSPS) is 17.4. The van der Waals surface area contributed by atoms with Crippen LogP contribution in [-0.4, -0.2) is 42.4 Å². The molecule has 0 aromatic heterocycles. The van der Waals surface area contributed by atoms with Gasteiger partial charge in [-0.2, -0.15) is 0 Å². The van der Waals surface area contributed by atoms with E-state index in [0.717, 1.165) is 17.1 Å². The summed E-state index contributed by atoms with van der Waals surface area (Å²) in [5.41, 5.74) is 0. The molecule has 0 bridgehead atoms. The minimum Gasteiger partial charge on any atom is -1.00 e. The first-order valence-electron chi connectivity index (χ1n) is 12.2. The van der Waals surface area contributed by atoms with Gasteiger partial charge >= 0.3 is 0 Å². The monoisotopic (exact) mass is 403 g/mol. The molecular weight excluding hydrogens is 354 g/mol.